The molecule has 0 spiro atoms. The van der Waals surface area contributed by atoms with E-state index in [-0.39, 0.29) is 23.4 Å². The first-order valence-corrected chi connectivity index (χ1v) is 17.4. The lowest BCUT2D eigenvalue weighted by atomic mass is 9.95. The van der Waals surface area contributed by atoms with Gasteiger partial charge in [0.25, 0.3) is 10.0 Å². The fraction of sp³-hybridized carbons (Fsp3) is 0.394. The maximum atomic E-state index is 14.4. The van der Waals surface area contributed by atoms with Crippen LogP contribution in [0.15, 0.2) is 65.6 Å². The molecule has 0 radical (unpaired) electrons. The number of benzene rings is 3. The minimum atomic E-state index is -4.20. The lowest BCUT2D eigenvalue weighted by Gasteiger charge is -2.35. The van der Waals surface area contributed by atoms with E-state index < -0.39 is 28.5 Å². The van der Waals surface area contributed by atoms with Gasteiger partial charge in [0.2, 0.25) is 11.8 Å². The second-order valence-corrected chi connectivity index (χ2v) is 14.4. The van der Waals surface area contributed by atoms with Crippen LogP contribution < -0.4 is 9.62 Å². The predicted octanol–water partition coefficient (Wildman–Crippen LogP) is 7.72. The number of nitrogens with zero attached hydrogens (tertiary/aromatic N) is 2. The Labute approximate surface area is 275 Å². The molecule has 4 rings (SSSR count). The number of rotatable bonds is 11. The second kappa shape index (κ2) is 15.0. The molecule has 1 fully saturated rings. The van der Waals surface area contributed by atoms with E-state index >= 15 is 0 Å². The summed E-state index contributed by atoms with van der Waals surface area (Å²) in [7, 11) is -4.20. The molecule has 1 atom stereocenters. The average Bonchev–Trinajstić information content (AvgIpc) is 2.98. The molecule has 236 valence electrons. The van der Waals surface area contributed by atoms with Gasteiger partial charge in [-0.1, -0.05) is 84.8 Å². The topological polar surface area (TPSA) is 86.8 Å². The summed E-state index contributed by atoms with van der Waals surface area (Å²) in [5, 5.41) is 4.36. The van der Waals surface area contributed by atoms with Crippen LogP contribution in [0, 0.1) is 13.8 Å². The maximum absolute atomic E-state index is 14.4. The van der Waals surface area contributed by atoms with E-state index in [0.717, 1.165) is 42.0 Å². The summed E-state index contributed by atoms with van der Waals surface area (Å²) in [5.41, 5.74) is 2.38. The normalized spacial score (nSPS) is 14.6. The number of halogens is 3. The lowest BCUT2D eigenvalue weighted by Crippen LogP contribution is -2.54. The molecule has 0 saturated heterocycles. The minimum absolute atomic E-state index is 0.0105. The van der Waals surface area contributed by atoms with Crippen LogP contribution in [-0.4, -0.2) is 43.8 Å². The Balaban J connectivity index is 1.75. The molecule has 1 aliphatic carbocycles. The van der Waals surface area contributed by atoms with Crippen molar-refractivity contribution < 1.29 is 18.0 Å². The highest BCUT2D eigenvalue weighted by molar-refractivity contribution is 7.92. The van der Waals surface area contributed by atoms with Gasteiger partial charge in [-0.3, -0.25) is 13.9 Å². The Bertz CT molecular complexity index is 1590. The summed E-state index contributed by atoms with van der Waals surface area (Å²) in [5.74, 6) is -0.819. The van der Waals surface area contributed by atoms with Gasteiger partial charge in [-0.25, -0.2) is 8.42 Å². The first kappa shape index (κ1) is 34.1. The molecule has 3 aromatic rings. The summed E-state index contributed by atoms with van der Waals surface area (Å²) in [4.78, 5) is 29.5. The Hall–Kier alpha value is -2.78. The third-order valence-electron chi connectivity index (χ3n) is 8.01. The summed E-state index contributed by atoms with van der Waals surface area (Å²) < 4.78 is 29.4. The number of amides is 2. The molecule has 0 aliphatic heterocycles. The predicted molar refractivity (Wildman–Crippen MR) is 178 cm³/mol. The number of hydrogen-bond donors (Lipinski definition) is 1. The molecule has 3 aromatic carbocycles. The first-order chi connectivity index (χ1) is 20.9. The monoisotopic (exact) mass is 677 g/mol. The number of sulfonamides is 1. The van der Waals surface area contributed by atoms with Crippen LogP contribution in [0.1, 0.15) is 62.1 Å². The third-order valence-corrected chi connectivity index (χ3v) is 10.6. The average molecular weight is 679 g/mol. The maximum Gasteiger partial charge on any atom is 0.264 e. The molecule has 7 nitrogen and oxygen atoms in total. The molecule has 2 amide bonds. The van der Waals surface area contributed by atoms with Gasteiger partial charge in [0.15, 0.2) is 0 Å². The van der Waals surface area contributed by atoms with Crippen LogP contribution in [0.5, 0.6) is 0 Å². The smallest absolute Gasteiger partial charge is 0.264 e. The van der Waals surface area contributed by atoms with E-state index in [4.69, 9.17) is 34.8 Å². The highest BCUT2D eigenvalue weighted by Crippen LogP contribution is 2.30. The Morgan fingerprint density at radius 3 is 2.16 bits per heavy atom. The second-order valence-electron chi connectivity index (χ2n) is 11.3. The van der Waals surface area contributed by atoms with Crippen LogP contribution >= 0.6 is 34.8 Å². The number of nitrogens with one attached hydrogen (secondary N) is 1. The van der Waals surface area contributed by atoms with Gasteiger partial charge < -0.3 is 10.2 Å². The molecule has 1 aliphatic rings. The zero-order valence-electron chi connectivity index (χ0n) is 25.2. The molecule has 0 unspecified atom stereocenters. The van der Waals surface area contributed by atoms with Gasteiger partial charge in [0, 0.05) is 27.7 Å². The van der Waals surface area contributed by atoms with E-state index in [1.807, 2.05) is 13.8 Å². The summed E-state index contributed by atoms with van der Waals surface area (Å²) in [6, 6.07) is 15.4. The van der Waals surface area contributed by atoms with Crippen molar-refractivity contribution in [2.45, 2.75) is 82.8 Å². The van der Waals surface area contributed by atoms with Crippen LogP contribution in [0.25, 0.3) is 0 Å². The van der Waals surface area contributed by atoms with Gasteiger partial charge in [0.05, 0.1) is 10.6 Å². The molecular weight excluding hydrogens is 641 g/mol. The number of carbonyl (C=O) groups excluding carboxylic acids is 2. The number of hydrogen-bond acceptors (Lipinski definition) is 4. The van der Waals surface area contributed by atoms with Crippen LogP contribution in [0.3, 0.4) is 0 Å². The van der Waals surface area contributed by atoms with Crippen LogP contribution in [0.2, 0.25) is 15.1 Å². The van der Waals surface area contributed by atoms with Crippen LogP contribution in [0.4, 0.5) is 5.69 Å². The highest BCUT2D eigenvalue weighted by atomic mass is 35.5. The Morgan fingerprint density at radius 1 is 0.909 bits per heavy atom. The van der Waals surface area contributed by atoms with Gasteiger partial charge in [0.1, 0.15) is 12.6 Å². The molecule has 0 heterocycles. The molecular formula is C33H38Cl3N3O4S. The van der Waals surface area contributed by atoms with Crippen molar-refractivity contribution in [3.8, 4) is 0 Å². The van der Waals surface area contributed by atoms with Crippen molar-refractivity contribution in [2.24, 2.45) is 0 Å². The fourth-order valence-corrected chi connectivity index (χ4v) is 7.72. The summed E-state index contributed by atoms with van der Waals surface area (Å²) in [6.45, 7) is 4.88. The molecule has 1 saturated carbocycles. The molecule has 44 heavy (non-hydrogen) atoms. The summed E-state index contributed by atoms with van der Waals surface area (Å²) >= 11 is 18.9. The van der Waals surface area contributed by atoms with Crippen LogP contribution in [-0.2, 0) is 26.2 Å². The van der Waals surface area contributed by atoms with E-state index in [0.29, 0.717) is 38.3 Å². The van der Waals surface area contributed by atoms with Gasteiger partial charge in [-0.2, -0.15) is 0 Å². The number of aryl methyl sites for hydroxylation is 2. The number of carbonyl (C=O) groups is 2. The van der Waals surface area contributed by atoms with E-state index in [1.165, 1.54) is 17.0 Å². The van der Waals surface area contributed by atoms with Crippen molar-refractivity contribution in [2.75, 3.05) is 10.8 Å². The first-order valence-electron chi connectivity index (χ1n) is 14.8. The zero-order valence-corrected chi connectivity index (χ0v) is 28.2. The van der Waals surface area contributed by atoms with Crippen molar-refractivity contribution in [1.82, 2.24) is 10.2 Å². The molecule has 0 aromatic heterocycles. The molecule has 1 N–H and O–H groups in total. The van der Waals surface area contributed by atoms with Crippen molar-refractivity contribution in [1.29, 1.82) is 0 Å². The van der Waals surface area contributed by atoms with E-state index in [1.54, 1.807) is 55.5 Å². The highest BCUT2D eigenvalue weighted by Gasteiger charge is 2.35. The van der Waals surface area contributed by atoms with Crippen molar-refractivity contribution >= 4 is 62.3 Å². The van der Waals surface area contributed by atoms with Crippen molar-refractivity contribution in [3.05, 3.63) is 92.4 Å². The van der Waals surface area contributed by atoms with Gasteiger partial charge in [-0.05, 0) is 86.7 Å². The SMILES string of the molecule is CC[C@@H](C(=O)NC1CCCCC1)N(Cc1ccc(Cl)cc1Cl)C(=O)CN(c1ccc(Cl)cc1C)S(=O)(=O)c1ccc(C)cc1. The molecule has 11 heteroatoms. The van der Waals surface area contributed by atoms with Gasteiger partial charge in [-0.15, -0.1) is 0 Å². The Morgan fingerprint density at radius 2 is 1.55 bits per heavy atom. The minimum Gasteiger partial charge on any atom is -0.352 e. The Kier molecular flexibility index (Phi) is 11.6. The van der Waals surface area contributed by atoms with Gasteiger partial charge >= 0.3 is 0 Å². The van der Waals surface area contributed by atoms with E-state index in [9.17, 15) is 18.0 Å². The quantitative estimate of drug-likeness (QED) is 0.225. The standard InChI is InChI=1S/C33H38Cl3N3O4S/c1-4-30(33(41)37-27-8-6-5-7-9-27)38(20-24-12-13-26(35)19-29(24)36)32(40)21-39(31-17-14-25(34)18-23(31)3)44(42,43)28-15-10-22(2)11-16-28/h10-19,27,30H,4-9,20-21H2,1-3H3,(H,37,41)/t30-/m0/s1. The largest absolute Gasteiger partial charge is 0.352 e. The lowest BCUT2D eigenvalue weighted by molar-refractivity contribution is -0.140. The van der Waals surface area contributed by atoms with Crippen molar-refractivity contribution in [3.63, 3.8) is 0 Å². The molecule has 0 bridgehead atoms. The summed E-state index contributed by atoms with van der Waals surface area (Å²) in [6.07, 6.45) is 5.31. The zero-order chi connectivity index (χ0) is 32.0. The van der Waals surface area contributed by atoms with E-state index in [2.05, 4.69) is 5.32 Å². The fourth-order valence-electron chi connectivity index (χ4n) is 5.55. The number of anilines is 1. The third kappa shape index (κ3) is 8.27.